The Morgan fingerprint density at radius 3 is 2.44 bits per heavy atom. The third-order valence-corrected chi connectivity index (χ3v) is 3.88. The Kier molecular flexibility index (Phi) is 5.40. The number of carbonyl (C=O) groups is 1. The molecule has 138 valence electrons. The molecular formula is C20H18F2N4O. The number of nitrogens with zero attached hydrogens (tertiary/aromatic N) is 2. The van der Waals surface area contributed by atoms with E-state index in [1.165, 1.54) is 11.6 Å². The van der Waals surface area contributed by atoms with Crippen molar-refractivity contribution in [2.75, 3.05) is 10.6 Å². The topological polar surface area (TPSA) is 66.9 Å². The number of benzene rings is 2. The lowest BCUT2D eigenvalue weighted by molar-refractivity contribution is 0.102. The molecule has 0 spiro atoms. The number of rotatable bonds is 5. The molecule has 1 heterocycles. The molecule has 1 aromatic heterocycles. The molecule has 1 amide bonds. The smallest absolute Gasteiger partial charge is 0.274 e. The van der Waals surface area contributed by atoms with Gasteiger partial charge in [-0.2, -0.15) is 0 Å². The summed E-state index contributed by atoms with van der Waals surface area (Å²) in [6, 6.07) is 12.2. The van der Waals surface area contributed by atoms with Crippen molar-refractivity contribution in [3.8, 4) is 0 Å². The van der Waals surface area contributed by atoms with Crippen molar-refractivity contribution < 1.29 is 13.6 Å². The number of carbonyl (C=O) groups excluding carboxylic acids is 1. The summed E-state index contributed by atoms with van der Waals surface area (Å²) >= 11 is 0. The van der Waals surface area contributed by atoms with Crippen LogP contribution in [-0.2, 0) is 6.42 Å². The van der Waals surface area contributed by atoms with Crippen LogP contribution in [-0.4, -0.2) is 15.9 Å². The van der Waals surface area contributed by atoms with Crippen molar-refractivity contribution in [2.24, 2.45) is 0 Å². The van der Waals surface area contributed by atoms with Crippen LogP contribution < -0.4 is 10.6 Å². The molecule has 0 fully saturated rings. The lowest BCUT2D eigenvalue weighted by Gasteiger charge is -2.10. The van der Waals surface area contributed by atoms with E-state index in [-0.39, 0.29) is 11.4 Å². The molecule has 0 saturated heterocycles. The minimum Gasteiger partial charge on any atom is -0.340 e. The summed E-state index contributed by atoms with van der Waals surface area (Å²) in [6.07, 6.45) is 0.942. The maximum atomic E-state index is 13.7. The highest BCUT2D eigenvalue weighted by Gasteiger charge is 2.13. The monoisotopic (exact) mass is 368 g/mol. The molecule has 0 saturated carbocycles. The van der Waals surface area contributed by atoms with Crippen LogP contribution in [0.25, 0.3) is 0 Å². The second kappa shape index (κ2) is 7.90. The van der Waals surface area contributed by atoms with Crippen molar-refractivity contribution in [2.45, 2.75) is 20.3 Å². The number of aryl methyl sites for hydroxylation is 2. The Morgan fingerprint density at radius 1 is 1.04 bits per heavy atom. The Balaban J connectivity index is 1.80. The largest absolute Gasteiger partial charge is 0.340 e. The molecule has 3 aromatic rings. The summed E-state index contributed by atoms with van der Waals surface area (Å²) in [5.74, 6) is -1.37. The Bertz CT molecular complexity index is 974. The molecule has 0 aliphatic heterocycles. The lowest BCUT2D eigenvalue weighted by atomic mass is 10.1. The highest BCUT2D eigenvalue weighted by Crippen LogP contribution is 2.19. The van der Waals surface area contributed by atoms with Crippen LogP contribution in [0.15, 0.2) is 48.5 Å². The standard InChI is InChI=1S/C20H18F2N4O/c1-3-13-4-7-15(8-5-13)25-19-11-18(23-12(2)24-19)20(27)26-17-9-6-14(21)10-16(17)22/h4-11H,3H2,1-2H3,(H,26,27)(H,23,24,25). The maximum Gasteiger partial charge on any atom is 0.274 e. The van der Waals surface area contributed by atoms with Gasteiger partial charge >= 0.3 is 0 Å². The minimum atomic E-state index is -0.858. The normalized spacial score (nSPS) is 10.5. The van der Waals surface area contributed by atoms with Gasteiger partial charge in [-0.25, -0.2) is 18.7 Å². The molecule has 0 aliphatic rings. The highest BCUT2D eigenvalue weighted by atomic mass is 19.1. The molecule has 2 N–H and O–H groups in total. The molecule has 7 heteroatoms. The Morgan fingerprint density at radius 2 is 1.78 bits per heavy atom. The molecule has 0 atom stereocenters. The number of anilines is 3. The van der Waals surface area contributed by atoms with Gasteiger partial charge in [0.1, 0.15) is 29.0 Å². The fourth-order valence-electron chi connectivity index (χ4n) is 2.50. The molecular weight excluding hydrogens is 350 g/mol. The average molecular weight is 368 g/mol. The molecule has 0 aliphatic carbocycles. The van der Waals surface area contributed by atoms with Crippen molar-refractivity contribution in [3.63, 3.8) is 0 Å². The minimum absolute atomic E-state index is 0.0684. The molecule has 0 radical (unpaired) electrons. The van der Waals surface area contributed by atoms with Gasteiger partial charge in [0.15, 0.2) is 0 Å². The van der Waals surface area contributed by atoms with Crippen LogP contribution in [0, 0.1) is 18.6 Å². The summed E-state index contributed by atoms with van der Waals surface area (Å²) in [5, 5.41) is 5.51. The average Bonchev–Trinajstić information content (AvgIpc) is 2.64. The molecule has 0 bridgehead atoms. The second-order valence-corrected chi connectivity index (χ2v) is 5.94. The molecule has 5 nitrogen and oxygen atoms in total. The predicted molar refractivity (Wildman–Crippen MR) is 100 cm³/mol. The van der Waals surface area contributed by atoms with Gasteiger partial charge in [0.05, 0.1) is 5.69 Å². The van der Waals surface area contributed by atoms with Crippen LogP contribution >= 0.6 is 0 Å². The molecule has 2 aromatic carbocycles. The van der Waals surface area contributed by atoms with Gasteiger partial charge in [-0.15, -0.1) is 0 Å². The first-order valence-corrected chi connectivity index (χ1v) is 8.42. The summed E-state index contributed by atoms with van der Waals surface area (Å²) in [5.41, 5.74) is 1.98. The van der Waals surface area contributed by atoms with E-state index in [9.17, 15) is 13.6 Å². The summed E-state index contributed by atoms with van der Waals surface area (Å²) < 4.78 is 26.7. The van der Waals surface area contributed by atoms with E-state index in [0.29, 0.717) is 17.7 Å². The van der Waals surface area contributed by atoms with Crippen molar-refractivity contribution >= 4 is 23.1 Å². The van der Waals surface area contributed by atoms with Crippen LogP contribution in [0.2, 0.25) is 0 Å². The van der Waals surface area contributed by atoms with E-state index >= 15 is 0 Å². The zero-order valence-electron chi connectivity index (χ0n) is 14.9. The number of amides is 1. The highest BCUT2D eigenvalue weighted by molar-refractivity contribution is 6.03. The van der Waals surface area contributed by atoms with Gasteiger partial charge in [0, 0.05) is 17.8 Å². The number of hydrogen-bond acceptors (Lipinski definition) is 4. The van der Waals surface area contributed by atoms with Crippen molar-refractivity contribution in [1.82, 2.24) is 9.97 Å². The van der Waals surface area contributed by atoms with Crippen LogP contribution in [0.4, 0.5) is 26.0 Å². The second-order valence-electron chi connectivity index (χ2n) is 5.94. The van der Waals surface area contributed by atoms with Gasteiger partial charge in [0.2, 0.25) is 0 Å². The zero-order chi connectivity index (χ0) is 19.4. The van der Waals surface area contributed by atoms with Crippen LogP contribution in [0.3, 0.4) is 0 Å². The fraction of sp³-hybridized carbons (Fsp3) is 0.150. The summed E-state index contributed by atoms with van der Waals surface area (Å²) in [7, 11) is 0. The molecule has 27 heavy (non-hydrogen) atoms. The van der Waals surface area contributed by atoms with Crippen LogP contribution in [0.1, 0.15) is 28.8 Å². The Labute approximate surface area is 155 Å². The number of aromatic nitrogens is 2. The first-order chi connectivity index (χ1) is 12.9. The number of nitrogens with one attached hydrogen (secondary N) is 2. The van der Waals surface area contributed by atoms with Crippen molar-refractivity contribution in [3.05, 3.63) is 77.2 Å². The van der Waals surface area contributed by atoms with E-state index in [0.717, 1.165) is 24.2 Å². The number of halogens is 2. The molecule has 0 unspecified atom stereocenters. The van der Waals surface area contributed by atoms with Gasteiger partial charge in [0.25, 0.3) is 5.91 Å². The SMILES string of the molecule is CCc1ccc(Nc2cc(C(=O)Nc3ccc(F)cc3F)nc(C)n2)cc1. The van der Waals surface area contributed by atoms with Gasteiger partial charge in [-0.3, -0.25) is 4.79 Å². The van der Waals surface area contributed by atoms with E-state index in [1.54, 1.807) is 6.92 Å². The van der Waals surface area contributed by atoms with Gasteiger partial charge in [-0.05, 0) is 43.2 Å². The maximum absolute atomic E-state index is 13.7. The predicted octanol–water partition coefficient (Wildman–Crippen LogP) is 4.62. The third kappa shape index (κ3) is 4.63. The van der Waals surface area contributed by atoms with E-state index in [2.05, 4.69) is 27.5 Å². The van der Waals surface area contributed by atoms with Crippen molar-refractivity contribution in [1.29, 1.82) is 0 Å². The summed E-state index contributed by atoms with van der Waals surface area (Å²) in [6.45, 7) is 3.73. The van der Waals surface area contributed by atoms with E-state index in [4.69, 9.17) is 0 Å². The first-order valence-electron chi connectivity index (χ1n) is 8.42. The zero-order valence-corrected chi connectivity index (χ0v) is 14.9. The van der Waals surface area contributed by atoms with E-state index in [1.807, 2.05) is 24.3 Å². The van der Waals surface area contributed by atoms with Gasteiger partial charge < -0.3 is 10.6 Å². The van der Waals surface area contributed by atoms with Gasteiger partial charge in [-0.1, -0.05) is 19.1 Å². The lowest BCUT2D eigenvalue weighted by Crippen LogP contribution is -2.16. The summed E-state index contributed by atoms with van der Waals surface area (Å²) in [4.78, 5) is 20.8. The fourth-order valence-corrected chi connectivity index (χ4v) is 2.50. The third-order valence-electron chi connectivity index (χ3n) is 3.88. The van der Waals surface area contributed by atoms with E-state index < -0.39 is 17.5 Å². The first kappa shape index (κ1) is 18.4. The molecule has 3 rings (SSSR count). The van der Waals surface area contributed by atoms with Crippen LogP contribution in [0.5, 0.6) is 0 Å². The quantitative estimate of drug-likeness (QED) is 0.689. The Hall–Kier alpha value is -3.35. The number of hydrogen-bond donors (Lipinski definition) is 2.